The first-order valence-corrected chi connectivity index (χ1v) is 21.8. The summed E-state index contributed by atoms with van der Waals surface area (Å²) in [7, 11) is 0. The van der Waals surface area contributed by atoms with Gasteiger partial charge < -0.3 is 10.4 Å². The van der Waals surface area contributed by atoms with Crippen molar-refractivity contribution in [1.82, 2.24) is 5.32 Å². The molecule has 0 aromatic heterocycles. The van der Waals surface area contributed by atoms with E-state index in [4.69, 9.17) is 0 Å². The van der Waals surface area contributed by atoms with Gasteiger partial charge in [0, 0.05) is 30.1 Å². The fraction of sp³-hybridized carbons (Fsp3) is 0.911. The third kappa shape index (κ3) is 36.4. The van der Waals surface area contributed by atoms with E-state index in [1.807, 2.05) is 41.5 Å². The van der Waals surface area contributed by atoms with Crippen molar-refractivity contribution < 1.29 is 24.3 Å². The summed E-state index contributed by atoms with van der Waals surface area (Å²) in [6.07, 6.45) is 35.4. The van der Waals surface area contributed by atoms with Crippen LogP contribution in [-0.2, 0) is 19.2 Å². The van der Waals surface area contributed by atoms with Crippen LogP contribution < -0.4 is 5.32 Å². The average molecular weight is 722 g/mol. The number of amides is 1. The third-order valence-corrected chi connectivity index (χ3v) is 9.98. The first-order valence-electron chi connectivity index (χ1n) is 21.8. The van der Waals surface area contributed by atoms with E-state index in [9.17, 15) is 24.3 Å². The van der Waals surface area contributed by atoms with E-state index in [1.165, 1.54) is 141 Å². The Labute approximate surface area is 317 Å². The van der Waals surface area contributed by atoms with E-state index in [-0.39, 0.29) is 29.9 Å². The van der Waals surface area contributed by atoms with Crippen molar-refractivity contribution in [3.63, 3.8) is 0 Å². The van der Waals surface area contributed by atoms with Crippen LogP contribution in [0.25, 0.3) is 0 Å². The predicted molar refractivity (Wildman–Crippen MR) is 218 cm³/mol. The predicted octanol–water partition coefficient (Wildman–Crippen LogP) is 13.5. The molecule has 0 bridgehead atoms. The van der Waals surface area contributed by atoms with Crippen molar-refractivity contribution in [3.05, 3.63) is 0 Å². The van der Waals surface area contributed by atoms with Crippen LogP contribution in [0.5, 0.6) is 0 Å². The number of rotatable bonds is 33. The van der Waals surface area contributed by atoms with Gasteiger partial charge in [-0.3, -0.25) is 14.4 Å². The largest absolute Gasteiger partial charge is 0.480 e. The maximum absolute atomic E-state index is 12.0. The molecule has 0 aromatic rings. The number of unbranched alkanes of at least 4 members (excludes halogenated alkanes) is 24. The van der Waals surface area contributed by atoms with E-state index < -0.39 is 17.4 Å². The minimum atomic E-state index is -1.07. The summed E-state index contributed by atoms with van der Waals surface area (Å²) < 4.78 is 0. The Hall–Kier alpha value is -1.72. The second-order valence-corrected chi connectivity index (χ2v) is 17.3. The molecule has 0 fully saturated rings. The van der Waals surface area contributed by atoms with E-state index >= 15 is 0 Å². The molecule has 0 aromatic carbocycles. The van der Waals surface area contributed by atoms with Gasteiger partial charge in [0.2, 0.25) is 5.91 Å². The standard InChI is InChI=1S/C25H47NO4.C20H40O/c1-5-6-7-8-9-10-11-12-13-14-15-16-17-18-23(28)26-21(24(29)30)19-20-22(27)25(2,3)4;1-5-6-7-8-9-10-11-12-13-14-15-16-17-18-19(21)20(2,3)4/h21H,5-20H2,1-4H3,(H,26,28)(H,29,30);5-18H2,1-4H3/t21-;/m0./s1. The molecule has 0 aliphatic heterocycles. The van der Waals surface area contributed by atoms with Crippen molar-refractivity contribution in [3.8, 4) is 0 Å². The second-order valence-electron chi connectivity index (χ2n) is 17.3. The summed E-state index contributed by atoms with van der Waals surface area (Å²) in [5, 5.41) is 11.9. The summed E-state index contributed by atoms with van der Waals surface area (Å²) in [5.41, 5.74) is -0.626. The summed E-state index contributed by atoms with van der Waals surface area (Å²) in [6, 6.07) is -0.981. The van der Waals surface area contributed by atoms with Gasteiger partial charge in [0.1, 0.15) is 17.6 Å². The lowest BCUT2D eigenvalue weighted by molar-refractivity contribution is -0.142. The topological polar surface area (TPSA) is 101 Å². The number of aliphatic carboxylic acids is 1. The number of carbonyl (C=O) groups is 4. The molecule has 0 radical (unpaired) electrons. The lowest BCUT2D eigenvalue weighted by atomic mass is 9.87. The smallest absolute Gasteiger partial charge is 0.326 e. The number of carbonyl (C=O) groups excluding carboxylic acids is 3. The van der Waals surface area contributed by atoms with E-state index in [2.05, 4.69) is 19.2 Å². The molecule has 0 rings (SSSR count). The highest BCUT2D eigenvalue weighted by Gasteiger charge is 2.25. The fourth-order valence-electron chi connectivity index (χ4n) is 6.16. The van der Waals surface area contributed by atoms with Gasteiger partial charge in [-0.25, -0.2) is 4.79 Å². The quantitative estimate of drug-likeness (QED) is 0.0657. The van der Waals surface area contributed by atoms with E-state index in [0.717, 1.165) is 32.1 Å². The number of ketones is 2. The van der Waals surface area contributed by atoms with Crippen LogP contribution in [0.3, 0.4) is 0 Å². The molecule has 0 heterocycles. The molecule has 0 spiro atoms. The molecule has 1 atom stereocenters. The normalized spacial score (nSPS) is 12.2. The van der Waals surface area contributed by atoms with Crippen molar-refractivity contribution in [2.45, 2.75) is 254 Å². The highest BCUT2D eigenvalue weighted by Crippen LogP contribution is 2.20. The van der Waals surface area contributed by atoms with Crippen molar-refractivity contribution >= 4 is 23.4 Å². The van der Waals surface area contributed by atoms with E-state index in [1.54, 1.807) is 0 Å². The van der Waals surface area contributed by atoms with Crippen molar-refractivity contribution in [1.29, 1.82) is 0 Å². The Balaban J connectivity index is 0. The number of carboxylic acid groups (broad SMARTS) is 1. The number of nitrogens with one attached hydrogen (secondary N) is 1. The van der Waals surface area contributed by atoms with Gasteiger partial charge in [-0.2, -0.15) is 0 Å². The molecular formula is C45H87NO5. The van der Waals surface area contributed by atoms with Crippen molar-refractivity contribution in [2.24, 2.45) is 10.8 Å². The summed E-state index contributed by atoms with van der Waals surface area (Å²) in [4.78, 5) is 47.1. The Morgan fingerprint density at radius 2 is 0.706 bits per heavy atom. The molecule has 0 saturated carbocycles. The Bertz CT molecular complexity index is 854. The minimum Gasteiger partial charge on any atom is -0.480 e. The number of hydrogen-bond acceptors (Lipinski definition) is 4. The minimum absolute atomic E-state index is 0.0134. The molecule has 0 unspecified atom stereocenters. The molecule has 302 valence electrons. The van der Waals surface area contributed by atoms with Gasteiger partial charge in [0.25, 0.3) is 0 Å². The van der Waals surface area contributed by atoms with Crippen LogP contribution in [-0.4, -0.2) is 34.6 Å². The molecule has 0 saturated heterocycles. The maximum Gasteiger partial charge on any atom is 0.326 e. The molecule has 6 heteroatoms. The van der Waals surface area contributed by atoms with Gasteiger partial charge in [-0.1, -0.05) is 209 Å². The second kappa shape index (κ2) is 34.1. The van der Waals surface area contributed by atoms with Gasteiger partial charge in [-0.05, 0) is 19.3 Å². The molecule has 2 N–H and O–H groups in total. The lowest BCUT2D eigenvalue weighted by Crippen LogP contribution is -2.41. The highest BCUT2D eigenvalue weighted by atomic mass is 16.4. The lowest BCUT2D eigenvalue weighted by Gasteiger charge is -2.19. The Morgan fingerprint density at radius 1 is 0.431 bits per heavy atom. The first kappa shape index (κ1) is 51.4. The van der Waals surface area contributed by atoms with Crippen LogP contribution in [0.1, 0.15) is 248 Å². The van der Waals surface area contributed by atoms with Gasteiger partial charge in [-0.15, -0.1) is 0 Å². The first-order chi connectivity index (χ1) is 24.2. The van der Waals surface area contributed by atoms with Crippen LogP contribution in [0.4, 0.5) is 0 Å². The monoisotopic (exact) mass is 722 g/mol. The van der Waals surface area contributed by atoms with Gasteiger partial charge >= 0.3 is 5.97 Å². The molecule has 1 amide bonds. The highest BCUT2D eigenvalue weighted by molar-refractivity contribution is 5.86. The van der Waals surface area contributed by atoms with Crippen LogP contribution >= 0.6 is 0 Å². The van der Waals surface area contributed by atoms with Crippen molar-refractivity contribution in [2.75, 3.05) is 0 Å². The molecule has 6 nitrogen and oxygen atoms in total. The maximum atomic E-state index is 12.0. The van der Waals surface area contributed by atoms with E-state index in [0.29, 0.717) is 12.2 Å². The summed E-state index contributed by atoms with van der Waals surface area (Å²) >= 11 is 0. The van der Waals surface area contributed by atoms with Crippen LogP contribution in [0.2, 0.25) is 0 Å². The zero-order valence-electron chi connectivity index (χ0n) is 35.4. The number of hydrogen-bond donors (Lipinski definition) is 2. The van der Waals surface area contributed by atoms with Gasteiger partial charge in [0.15, 0.2) is 0 Å². The number of carboxylic acids is 1. The Morgan fingerprint density at radius 3 is 1.00 bits per heavy atom. The molecule has 51 heavy (non-hydrogen) atoms. The third-order valence-electron chi connectivity index (χ3n) is 9.98. The zero-order chi connectivity index (χ0) is 38.8. The van der Waals surface area contributed by atoms with Gasteiger partial charge in [0.05, 0.1) is 0 Å². The number of Topliss-reactive ketones (excluding diaryl/α,β-unsaturated/α-hetero) is 2. The fourth-order valence-corrected chi connectivity index (χ4v) is 6.16. The summed E-state index contributed by atoms with van der Waals surface area (Å²) in [6.45, 7) is 16.1. The zero-order valence-corrected chi connectivity index (χ0v) is 35.4. The SMILES string of the molecule is CCCCCCCCCCCCCCCC(=O)C(C)(C)C.CCCCCCCCCCCCCCCC(=O)N[C@@H](CCC(=O)C(C)(C)C)C(=O)O. The molecular weight excluding hydrogens is 634 g/mol. The van der Waals surface area contributed by atoms with Crippen LogP contribution in [0.15, 0.2) is 0 Å². The Kier molecular flexibility index (Phi) is 34.3. The van der Waals surface area contributed by atoms with Crippen LogP contribution in [0, 0.1) is 10.8 Å². The summed E-state index contributed by atoms with van der Waals surface area (Å²) in [5.74, 6) is -0.867. The molecule has 0 aliphatic rings. The average Bonchev–Trinajstić information content (AvgIpc) is 3.06. The molecule has 0 aliphatic carbocycles.